The molecule has 3 rings (SSSR count). The largest absolute Gasteiger partial charge is 0.396 e. The fourth-order valence-electron chi connectivity index (χ4n) is 3.25. The van der Waals surface area contributed by atoms with Crippen molar-refractivity contribution in [2.75, 3.05) is 6.61 Å². The Balaban J connectivity index is 2.20. The minimum absolute atomic E-state index is 0.173. The van der Waals surface area contributed by atoms with Crippen LogP contribution in [0.25, 0.3) is 15.9 Å². The van der Waals surface area contributed by atoms with Crippen molar-refractivity contribution in [2.24, 2.45) is 5.92 Å². The van der Waals surface area contributed by atoms with Crippen LogP contribution in [0.4, 0.5) is 5.69 Å². The second-order valence-electron chi connectivity index (χ2n) is 5.76. The Morgan fingerprint density at radius 2 is 2.27 bits per heavy atom. The van der Waals surface area contributed by atoms with Crippen LogP contribution < -0.4 is 0 Å². The van der Waals surface area contributed by atoms with Crippen molar-refractivity contribution in [2.45, 2.75) is 31.1 Å². The van der Waals surface area contributed by atoms with Gasteiger partial charge in [-0.2, -0.15) is 0 Å². The number of rotatable bonds is 2. The van der Waals surface area contributed by atoms with E-state index in [0.29, 0.717) is 23.1 Å². The molecule has 1 aliphatic rings. The fourth-order valence-corrected chi connectivity index (χ4v) is 3.47. The Kier molecular flexibility index (Phi) is 3.57. The summed E-state index contributed by atoms with van der Waals surface area (Å²) in [7, 11) is 0. The molecule has 0 aliphatic heterocycles. The van der Waals surface area contributed by atoms with E-state index < -0.39 is 23.7 Å². The third-order valence-corrected chi connectivity index (χ3v) is 4.77. The molecule has 2 aromatic heterocycles. The van der Waals surface area contributed by atoms with Gasteiger partial charge >= 0.3 is 0 Å². The number of halogens is 1. The second kappa shape index (κ2) is 5.18. The predicted octanol–water partition coefficient (Wildman–Crippen LogP) is 1.30. The Bertz CT molecular complexity index is 767. The molecule has 1 fully saturated rings. The van der Waals surface area contributed by atoms with Gasteiger partial charge in [0.05, 0.1) is 24.1 Å². The molecule has 2 heterocycles. The first-order valence-electron chi connectivity index (χ1n) is 6.81. The molecular weight excluding hydrogens is 308 g/mol. The highest BCUT2D eigenvalue weighted by Crippen LogP contribution is 2.46. The molecule has 1 aliphatic carbocycles. The third-order valence-electron chi connectivity index (χ3n) is 4.48. The zero-order chi connectivity index (χ0) is 16.1. The maximum absolute atomic E-state index is 10.7. The molecular formula is C14H15ClN4O3. The number of hydrogen-bond acceptors (Lipinski definition) is 5. The normalized spacial score (nSPS) is 31.5. The Labute approximate surface area is 131 Å². The Hall–Kier alpha value is -1.72. The smallest absolute Gasteiger partial charge is 0.216 e. The zero-order valence-electron chi connectivity index (χ0n) is 11.8. The van der Waals surface area contributed by atoms with Gasteiger partial charge in [-0.15, -0.1) is 0 Å². The summed E-state index contributed by atoms with van der Waals surface area (Å²) in [6.07, 6.45) is 2.16. The SMILES string of the molecule is [C-]#[N+]c1cn(C2CC(CO)C(O)[C@@]2(C)O)c2ncnc(Cl)c12. The Morgan fingerprint density at radius 1 is 1.55 bits per heavy atom. The second-order valence-corrected chi connectivity index (χ2v) is 6.12. The molecule has 22 heavy (non-hydrogen) atoms. The molecule has 0 aromatic carbocycles. The van der Waals surface area contributed by atoms with Gasteiger partial charge in [0.1, 0.15) is 22.7 Å². The summed E-state index contributed by atoms with van der Waals surface area (Å²) in [5.74, 6) is -0.439. The van der Waals surface area contributed by atoms with Crippen LogP contribution in [0.2, 0.25) is 5.15 Å². The highest BCUT2D eigenvalue weighted by molar-refractivity contribution is 6.35. The van der Waals surface area contributed by atoms with Crippen molar-refractivity contribution in [3.8, 4) is 0 Å². The minimum atomic E-state index is -1.45. The van der Waals surface area contributed by atoms with E-state index in [1.54, 1.807) is 10.8 Å². The van der Waals surface area contributed by atoms with Crippen molar-refractivity contribution in [1.29, 1.82) is 0 Å². The molecule has 3 N–H and O–H groups in total. The highest BCUT2D eigenvalue weighted by Gasteiger charge is 2.51. The number of fused-ring (bicyclic) bond motifs is 1. The lowest BCUT2D eigenvalue weighted by molar-refractivity contribution is -0.0776. The fraction of sp³-hybridized carbons (Fsp3) is 0.500. The van der Waals surface area contributed by atoms with Gasteiger partial charge in [-0.05, 0) is 13.3 Å². The average Bonchev–Trinajstić information content (AvgIpc) is 2.97. The van der Waals surface area contributed by atoms with Crippen molar-refractivity contribution in [1.82, 2.24) is 14.5 Å². The molecule has 2 aromatic rings. The van der Waals surface area contributed by atoms with Crippen LogP contribution in [0.5, 0.6) is 0 Å². The minimum Gasteiger partial charge on any atom is -0.396 e. The topological polar surface area (TPSA) is 95.8 Å². The first-order valence-corrected chi connectivity index (χ1v) is 7.19. The zero-order valence-corrected chi connectivity index (χ0v) is 12.6. The molecule has 0 saturated heterocycles. The van der Waals surface area contributed by atoms with E-state index in [-0.39, 0.29) is 11.8 Å². The van der Waals surface area contributed by atoms with Gasteiger partial charge < -0.3 is 19.9 Å². The molecule has 0 amide bonds. The van der Waals surface area contributed by atoms with Gasteiger partial charge in [-0.3, -0.25) is 0 Å². The molecule has 1 saturated carbocycles. The molecule has 3 unspecified atom stereocenters. The number of hydrogen-bond donors (Lipinski definition) is 3. The van der Waals surface area contributed by atoms with E-state index in [4.69, 9.17) is 18.2 Å². The van der Waals surface area contributed by atoms with E-state index in [1.165, 1.54) is 13.3 Å². The van der Waals surface area contributed by atoms with E-state index in [2.05, 4.69) is 14.8 Å². The summed E-state index contributed by atoms with van der Waals surface area (Å²) >= 11 is 6.06. The lowest BCUT2D eigenvalue weighted by Crippen LogP contribution is -2.42. The van der Waals surface area contributed by atoms with Crippen LogP contribution in [0, 0.1) is 12.5 Å². The third kappa shape index (κ3) is 2.00. The quantitative estimate of drug-likeness (QED) is 0.572. The number of aromatic nitrogens is 3. The van der Waals surface area contributed by atoms with Gasteiger partial charge in [-0.1, -0.05) is 11.6 Å². The summed E-state index contributed by atoms with van der Waals surface area (Å²) < 4.78 is 1.65. The summed E-state index contributed by atoms with van der Waals surface area (Å²) in [5, 5.41) is 30.8. The molecule has 0 spiro atoms. The summed E-state index contributed by atoms with van der Waals surface area (Å²) in [6.45, 7) is 8.56. The summed E-state index contributed by atoms with van der Waals surface area (Å²) in [5.41, 5.74) is -0.726. The van der Waals surface area contributed by atoms with Crippen molar-refractivity contribution in [3.05, 3.63) is 29.1 Å². The lowest BCUT2D eigenvalue weighted by Gasteiger charge is -2.30. The number of nitrogens with zero attached hydrogens (tertiary/aromatic N) is 4. The van der Waals surface area contributed by atoms with Crippen LogP contribution in [-0.4, -0.2) is 48.2 Å². The summed E-state index contributed by atoms with van der Waals surface area (Å²) in [4.78, 5) is 11.5. The molecule has 0 radical (unpaired) electrons. The molecule has 116 valence electrons. The summed E-state index contributed by atoms with van der Waals surface area (Å²) in [6, 6.07) is -0.524. The predicted molar refractivity (Wildman–Crippen MR) is 79.7 cm³/mol. The first-order chi connectivity index (χ1) is 10.4. The standard InChI is InChI=1S/C14H15ClN4O3/c1-14(22)9(3-7(5-20)11(14)21)19-4-8(16-2)10-12(15)17-6-18-13(10)19/h4,6-7,9,11,20-22H,3,5H2,1H3/t7?,9?,11?,14-/m0/s1. The van der Waals surface area contributed by atoms with E-state index >= 15 is 0 Å². The monoisotopic (exact) mass is 322 g/mol. The van der Waals surface area contributed by atoms with E-state index in [9.17, 15) is 15.3 Å². The Morgan fingerprint density at radius 3 is 2.86 bits per heavy atom. The lowest BCUT2D eigenvalue weighted by atomic mass is 9.96. The van der Waals surface area contributed by atoms with Crippen molar-refractivity contribution in [3.63, 3.8) is 0 Å². The van der Waals surface area contributed by atoms with E-state index in [0.717, 1.165) is 0 Å². The first kappa shape index (κ1) is 15.2. The van der Waals surface area contributed by atoms with Crippen LogP contribution >= 0.6 is 11.6 Å². The van der Waals surface area contributed by atoms with Gasteiger partial charge in [0.2, 0.25) is 5.69 Å². The maximum Gasteiger partial charge on any atom is 0.216 e. The van der Waals surface area contributed by atoms with Crippen LogP contribution in [0.3, 0.4) is 0 Å². The molecule has 0 bridgehead atoms. The van der Waals surface area contributed by atoms with Gasteiger partial charge in [-0.25, -0.2) is 14.8 Å². The highest BCUT2D eigenvalue weighted by atomic mass is 35.5. The van der Waals surface area contributed by atoms with Crippen LogP contribution in [0.1, 0.15) is 19.4 Å². The van der Waals surface area contributed by atoms with E-state index in [1.807, 2.05) is 0 Å². The average molecular weight is 323 g/mol. The maximum atomic E-state index is 10.7. The van der Waals surface area contributed by atoms with Crippen molar-refractivity contribution < 1.29 is 15.3 Å². The molecule has 7 nitrogen and oxygen atoms in total. The molecule has 4 atom stereocenters. The van der Waals surface area contributed by atoms with Gasteiger partial charge in [0, 0.05) is 18.7 Å². The van der Waals surface area contributed by atoms with Gasteiger partial charge in [0.15, 0.2) is 0 Å². The number of aliphatic hydroxyl groups excluding tert-OH is 2. The van der Waals surface area contributed by atoms with Crippen LogP contribution in [0.15, 0.2) is 12.5 Å². The van der Waals surface area contributed by atoms with Crippen LogP contribution in [-0.2, 0) is 0 Å². The van der Waals surface area contributed by atoms with Gasteiger partial charge in [0.25, 0.3) is 0 Å². The number of aliphatic hydroxyl groups is 3. The van der Waals surface area contributed by atoms with Crippen molar-refractivity contribution >= 4 is 28.3 Å². The molecule has 8 heteroatoms.